The van der Waals surface area contributed by atoms with Gasteiger partial charge in [-0.05, 0) is 71.4 Å². The van der Waals surface area contributed by atoms with Crippen molar-refractivity contribution in [3.05, 3.63) is 115 Å². The van der Waals surface area contributed by atoms with Crippen molar-refractivity contribution >= 4 is 48.2 Å². The van der Waals surface area contributed by atoms with Crippen LogP contribution in [0, 0.1) is 19.6 Å². The highest BCUT2D eigenvalue weighted by molar-refractivity contribution is 14.1. The van der Waals surface area contributed by atoms with Crippen LogP contribution >= 0.6 is 22.6 Å². The molecule has 0 aliphatic carbocycles. The fraction of sp³-hybridized carbons (Fsp3) is 0.364. The third-order valence-corrected chi connectivity index (χ3v) is 12.5. The Morgan fingerprint density at radius 2 is 1.89 bits per heavy atom. The molecule has 1 unspecified atom stereocenters. The highest BCUT2D eigenvalue weighted by atomic mass is 127. The van der Waals surface area contributed by atoms with Gasteiger partial charge in [-0.2, -0.15) is 0 Å². The number of carbonyl (C=O) groups is 1. The van der Waals surface area contributed by atoms with Crippen LogP contribution in [-0.2, 0) is 28.2 Å². The van der Waals surface area contributed by atoms with Crippen LogP contribution in [0.2, 0.25) is 18.6 Å². The fourth-order valence-electron chi connectivity index (χ4n) is 7.32. The summed E-state index contributed by atoms with van der Waals surface area (Å²) in [6.07, 6.45) is 1.71. The van der Waals surface area contributed by atoms with E-state index in [1.54, 1.807) is 21.8 Å². The van der Waals surface area contributed by atoms with Gasteiger partial charge in [-0.1, -0.05) is 54.6 Å². The normalized spacial score (nSPS) is 23.2. The van der Waals surface area contributed by atoms with E-state index in [0.717, 1.165) is 14.7 Å². The number of aryl methyl sites for hydroxylation is 1. The van der Waals surface area contributed by atoms with Gasteiger partial charge >= 0.3 is 0 Å². The number of nitrogens with zero attached hydrogens (tertiary/aromatic N) is 5. The summed E-state index contributed by atoms with van der Waals surface area (Å²) in [7, 11) is -2.94. The summed E-state index contributed by atoms with van der Waals surface area (Å²) in [4.78, 5) is 39.3. The molecule has 1 amide bonds. The Hall–Kier alpha value is -3.50. The van der Waals surface area contributed by atoms with E-state index in [4.69, 9.17) is 4.74 Å². The minimum Gasteiger partial charge on any atom is -0.432 e. The molecule has 2 N–H and O–H groups in total. The Bertz CT molecular complexity index is 1760. The number of halogens is 1. The van der Waals surface area contributed by atoms with Crippen molar-refractivity contribution in [3.8, 4) is 0 Å². The summed E-state index contributed by atoms with van der Waals surface area (Å²) in [6, 6.07) is 22.0. The van der Waals surface area contributed by atoms with Crippen LogP contribution in [0.15, 0.2) is 79.0 Å². The fourth-order valence-corrected chi connectivity index (χ4v) is 10.5. The van der Waals surface area contributed by atoms with Gasteiger partial charge in [-0.3, -0.25) is 19.6 Å². The Kier molecular flexibility index (Phi) is 8.88. The number of amides is 1. The third-order valence-electron chi connectivity index (χ3n) is 9.35. The van der Waals surface area contributed by atoms with Crippen molar-refractivity contribution in [1.82, 2.24) is 15.0 Å². The van der Waals surface area contributed by atoms with Gasteiger partial charge in [-0.25, -0.2) is 0 Å². The highest BCUT2D eigenvalue weighted by Gasteiger charge is 2.66. The summed E-state index contributed by atoms with van der Waals surface area (Å²) in [6.45, 7) is 6.18. The summed E-state index contributed by atoms with van der Waals surface area (Å²) < 4.78 is 9.58. The van der Waals surface area contributed by atoms with Gasteiger partial charge in [-0.15, -0.1) is 5.10 Å². The molecule has 1 spiro atoms. The largest absolute Gasteiger partial charge is 0.432 e. The summed E-state index contributed by atoms with van der Waals surface area (Å²) in [5.41, 5.74) is 1.58. The number of anilines is 1. The molecule has 6 rings (SSSR count). The number of benzene rings is 3. The van der Waals surface area contributed by atoms with E-state index in [9.17, 15) is 24.8 Å². The average Bonchev–Trinajstić information content (AvgIpc) is 3.67. The van der Waals surface area contributed by atoms with Gasteiger partial charge in [0.05, 0.1) is 41.5 Å². The monoisotopic (exact) mass is 753 g/mol. The second kappa shape index (κ2) is 12.6. The quantitative estimate of drug-likeness (QED) is 0.0956. The number of aromatic nitrogens is 3. The van der Waals surface area contributed by atoms with Crippen LogP contribution in [0.4, 0.5) is 11.4 Å². The molecule has 46 heavy (non-hydrogen) atoms. The molecular formula is C33H36IN5O6Si. The van der Waals surface area contributed by atoms with Crippen LogP contribution in [-0.4, -0.2) is 56.8 Å². The maximum atomic E-state index is 14.6. The Morgan fingerprint density at radius 1 is 1.13 bits per heavy atom. The Morgan fingerprint density at radius 3 is 2.57 bits per heavy atom. The van der Waals surface area contributed by atoms with Gasteiger partial charge in [0.15, 0.2) is 13.9 Å². The molecule has 0 bridgehead atoms. The number of non-ortho nitro benzene ring substituents is 1. The average molecular weight is 754 g/mol. The van der Waals surface area contributed by atoms with Crippen LogP contribution < -0.4 is 4.90 Å². The first-order valence-electron chi connectivity index (χ1n) is 15.3. The first-order chi connectivity index (χ1) is 21.9. The molecule has 0 saturated carbocycles. The molecule has 4 aromatic rings. The van der Waals surface area contributed by atoms with Gasteiger partial charge in [0.2, 0.25) is 0 Å². The molecule has 13 heteroatoms. The first-order valence-corrected chi connectivity index (χ1v) is 19.4. The number of nitro benzene ring substituents is 1. The number of rotatable bonds is 10. The lowest BCUT2D eigenvalue weighted by Gasteiger charge is -2.32. The number of carbonyl (C=O) groups excluding carboxylic acids is 1. The zero-order valence-corrected chi connectivity index (χ0v) is 28.9. The smallest absolute Gasteiger partial charge is 0.269 e. The molecule has 3 aromatic carbocycles. The minimum atomic E-state index is -2.94. The molecule has 1 aromatic heterocycles. The van der Waals surface area contributed by atoms with Gasteiger partial charge in [0.25, 0.3) is 11.6 Å². The lowest BCUT2D eigenvalue weighted by atomic mass is 9.82. The number of aliphatic hydroxyl groups is 1. The molecule has 0 radical (unpaired) electrons. The Balaban J connectivity index is 1.33. The zero-order chi connectivity index (χ0) is 32.8. The molecule has 3 heterocycles. The number of nitro groups is 1. The minimum absolute atomic E-state index is 0.118. The molecule has 2 aliphatic rings. The number of hydrogen-bond donors (Lipinski definition) is 2. The summed E-state index contributed by atoms with van der Waals surface area (Å²) in [5.74, 6) is -1.06. The molecule has 1 fully saturated rings. The predicted octanol–water partition coefficient (Wildman–Crippen LogP) is 5.35. The van der Waals surface area contributed by atoms with Crippen molar-refractivity contribution in [2.24, 2.45) is 5.92 Å². The van der Waals surface area contributed by atoms with Crippen molar-refractivity contribution < 1.29 is 24.4 Å². The van der Waals surface area contributed by atoms with E-state index in [-0.39, 0.29) is 36.2 Å². The Labute approximate surface area is 281 Å². The van der Waals surface area contributed by atoms with Crippen LogP contribution in [0.25, 0.3) is 0 Å². The van der Waals surface area contributed by atoms with Crippen molar-refractivity contribution in [1.29, 1.82) is 0 Å². The van der Waals surface area contributed by atoms with Gasteiger partial charge < -0.3 is 19.5 Å². The number of ether oxygens (including phenoxy) is 1. The first kappa shape index (κ1) is 32.4. The van der Waals surface area contributed by atoms with E-state index in [0.29, 0.717) is 29.9 Å². The predicted molar refractivity (Wildman–Crippen MR) is 183 cm³/mol. The van der Waals surface area contributed by atoms with Crippen LogP contribution in [0.5, 0.6) is 0 Å². The molecule has 11 nitrogen and oxygen atoms in total. The van der Waals surface area contributed by atoms with E-state index in [2.05, 4.69) is 32.9 Å². The van der Waals surface area contributed by atoms with Crippen LogP contribution in [0.3, 0.4) is 0 Å². The van der Waals surface area contributed by atoms with E-state index in [1.165, 1.54) is 12.1 Å². The van der Waals surface area contributed by atoms with Gasteiger partial charge in [0.1, 0.15) is 0 Å². The van der Waals surface area contributed by atoms with E-state index in [1.807, 2.05) is 74.6 Å². The summed E-state index contributed by atoms with van der Waals surface area (Å²) in [5, 5.41) is 30.6. The maximum Gasteiger partial charge on any atom is 0.269 e. The van der Waals surface area contributed by atoms with Crippen molar-refractivity contribution in [2.75, 3.05) is 11.5 Å². The molecular weight excluding hydrogens is 717 g/mol. The van der Waals surface area contributed by atoms with Crippen molar-refractivity contribution in [3.63, 3.8) is 0 Å². The zero-order valence-electron chi connectivity index (χ0n) is 25.8. The standard InChI is InChI=1S/C33H36IN5O6Si/c1-21-31(46(2,3)44)30(14-15-37-19-28(35-36-37)26(20-40)23-9-5-4-6-10-23)45-33(21)27-17-25(39(42)43)12-13-29(27)38(32(33)41)18-22-8-7-11-24(34)16-22/h4-13,16-17,19,21,26,30-31,40,44H,14-15,18,20H2,1-3H3/t21-,26?,30+,31-,33+/m0/s1. The second-order valence-electron chi connectivity index (χ2n) is 12.7. The molecule has 2 aliphatic heterocycles. The van der Waals surface area contributed by atoms with Crippen LogP contribution in [0.1, 0.15) is 41.6 Å². The highest BCUT2D eigenvalue weighted by Crippen LogP contribution is 2.60. The second-order valence-corrected chi connectivity index (χ2v) is 17.9. The van der Waals surface area contributed by atoms with Gasteiger partial charge in [0, 0.05) is 45.5 Å². The summed E-state index contributed by atoms with van der Waals surface area (Å²) >= 11 is 2.23. The molecule has 5 atom stereocenters. The number of aliphatic hydroxyl groups excluding tert-OH is 1. The molecule has 240 valence electrons. The maximum absolute atomic E-state index is 14.6. The van der Waals surface area contributed by atoms with Crippen molar-refractivity contribution in [2.45, 2.75) is 62.7 Å². The molecule has 1 saturated heterocycles. The topological polar surface area (TPSA) is 144 Å². The lowest BCUT2D eigenvalue weighted by molar-refractivity contribution is -0.385. The number of fused-ring (bicyclic) bond motifs is 2. The van der Waals surface area contributed by atoms with E-state index >= 15 is 0 Å². The SMILES string of the molecule is C[C@H]1[C@H]([Si](C)(C)O)[C@@H](CCn2cc(C(CO)c3ccccc3)nn2)O[C@]12C(=O)N(Cc1cccc(I)c1)c1ccc([N+](=O)[O-])cc12. The third kappa shape index (κ3) is 5.79. The van der Waals surface area contributed by atoms with E-state index < -0.39 is 30.9 Å². The lowest BCUT2D eigenvalue weighted by Crippen LogP contribution is -2.46. The number of hydrogen-bond acceptors (Lipinski definition) is 8.